The summed E-state index contributed by atoms with van der Waals surface area (Å²) in [6, 6.07) is 9.20. The van der Waals surface area contributed by atoms with Crippen molar-refractivity contribution in [2.45, 2.75) is 247 Å². The number of aliphatic hydroxyl groups excluding tert-OH is 3. The molecule has 0 bridgehead atoms. The fourth-order valence-corrected chi connectivity index (χ4v) is 15.3. The van der Waals surface area contributed by atoms with Crippen molar-refractivity contribution in [3.05, 3.63) is 53.6 Å². The maximum atomic E-state index is 13.9. The molecule has 0 aromatic heterocycles. The molecule has 4 aliphatic heterocycles. The predicted molar refractivity (Wildman–Crippen MR) is 282 cm³/mol. The molecule has 7 fully saturated rings. The minimum atomic E-state index is -1.92. The summed E-state index contributed by atoms with van der Waals surface area (Å²) >= 11 is 0. The number of rotatable bonds is 16. The van der Waals surface area contributed by atoms with Gasteiger partial charge in [-0.2, -0.15) is 0 Å². The Kier molecular flexibility index (Phi) is 18.6. The van der Waals surface area contributed by atoms with Gasteiger partial charge in [0.2, 0.25) is 0 Å². The van der Waals surface area contributed by atoms with Gasteiger partial charge in [0.15, 0.2) is 25.2 Å². The van der Waals surface area contributed by atoms with E-state index < -0.39 is 163 Å². The van der Waals surface area contributed by atoms with Crippen LogP contribution in [0.4, 0.5) is 0 Å². The van der Waals surface area contributed by atoms with Gasteiger partial charge in [0, 0.05) is 70.8 Å². The molecular formula is C59H86O21. The number of methoxy groups -OCH3 is 3. The number of ketones is 1. The number of hydrogen-bond donors (Lipinski definition) is 5. The Bertz CT molecular complexity index is 2380. The Hall–Kier alpha value is -3.33. The molecule has 5 N–H and O–H groups in total. The number of ether oxygens (including phenoxy) is 13. The van der Waals surface area contributed by atoms with Gasteiger partial charge in [-0.1, -0.05) is 55.8 Å². The lowest BCUT2D eigenvalue weighted by molar-refractivity contribution is -0.355. The van der Waals surface area contributed by atoms with Crippen molar-refractivity contribution >= 4 is 23.8 Å². The van der Waals surface area contributed by atoms with Crippen LogP contribution in [0.3, 0.4) is 0 Å². The van der Waals surface area contributed by atoms with Crippen molar-refractivity contribution < 1.29 is 101 Å². The first-order chi connectivity index (χ1) is 37.9. The van der Waals surface area contributed by atoms with Crippen molar-refractivity contribution in [3.63, 3.8) is 0 Å². The third-order valence-electron chi connectivity index (χ3n) is 19.4. The predicted octanol–water partition coefficient (Wildman–Crippen LogP) is 3.98. The molecule has 0 unspecified atom stereocenters. The maximum absolute atomic E-state index is 13.9. The Morgan fingerprint density at radius 3 is 1.86 bits per heavy atom. The van der Waals surface area contributed by atoms with Gasteiger partial charge in [0.05, 0.1) is 48.8 Å². The number of aliphatic hydroxyl groups is 5. The van der Waals surface area contributed by atoms with E-state index >= 15 is 0 Å². The molecule has 448 valence electrons. The SMILES string of the molecule is CO[C@H]1[C@@H](O)[C@H](O[C@@H]2[C@@H](C)O[C@@H](O[C@H]3[C@@H](O)C[C@H](O[C@H]4[C@@H](OC)C[C@H](O[C@H]5CC[C@@]6(C)C(=CC[C@]7(O)[C@@H]6[C@H](OC(C)=O)[C@@H](OC(=O)/C=C/c6ccccc6)[C@]6(C)[C@@H](C(C)=O)CC[C@@]67O)C5)O[C@@H]4C)O[C@@H]3C)C[C@H]2OC)O[C@H](C)[C@H]1O. The second-order valence-electron chi connectivity index (χ2n) is 24.1. The van der Waals surface area contributed by atoms with E-state index in [1.165, 1.54) is 34.1 Å². The van der Waals surface area contributed by atoms with Crippen LogP contribution >= 0.6 is 0 Å². The van der Waals surface area contributed by atoms with Gasteiger partial charge in [-0.25, -0.2) is 4.79 Å². The summed E-state index contributed by atoms with van der Waals surface area (Å²) in [5.41, 5.74) is -4.53. The zero-order chi connectivity index (χ0) is 57.8. The van der Waals surface area contributed by atoms with Crippen LogP contribution in [0.1, 0.15) is 119 Å². The van der Waals surface area contributed by atoms with E-state index in [9.17, 15) is 39.9 Å². The van der Waals surface area contributed by atoms with E-state index in [4.69, 9.17) is 61.6 Å². The fourth-order valence-electron chi connectivity index (χ4n) is 15.3. The van der Waals surface area contributed by atoms with Crippen LogP contribution in [-0.4, -0.2) is 199 Å². The van der Waals surface area contributed by atoms with E-state index in [0.29, 0.717) is 25.7 Å². The second-order valence-corrected chi connectivity index (χ2v) is 24.1. The zero-order valence-electron chi connectivity index (χ0n) is 48.0. The molecule has 21 heteroatoms. The van der Waals surface area contributed by atoms with Crippen LogP contribution in [0.2, 0.25) is 0 Å². The normalized spacial score (nSPS) is 47.6. The fraction of sp³-hybridized carbons (Fsp3) is 0.780. The maximum Gasteiger partial charge on any atom is 0.331 e. The second kappa shape index (κ2) is 24.3. The summed E-state index contributed by atoms with van der Waals surface area (Å²) in [4.78, 5) is 40.5. The highest BCUT2D eigenvalue weighted by Crippen LogP contribution is 2.70. The molecule has 9 rings (SSSR count). The van der Waals surface area contributed by atoms with Gasteiger partial charge in [0.1, 0.15) is 65.8 Å². The van der Waals surface area contributed by atoms with Crippen LogP contribution < -0.4 is 0 Å². The molecule has 0 amide bonds. The summed E-state index contributed by atoms with van der Waals surface area (Å²) in [5, 5.41) is 59.3. The minimum Gasteiger partial charge on any atom is -0.458 e. The summed E-state index contributed by atoms with van der Waals surface area (Å²) in [6.07, 6.45) is -9.01. The van der Waals surface area contributed by atoms with Crippen molar-refractivity contribution in [1.29, 1.82) is 0 Å². The molecule has 3 saturated carbocycles. The highest BCUT2D eigenvalue weighted by molar-refractivity contribution is 5.87. The smallest absolute Gasteiger partial charge is 0.331 e. The van der Waals surface area contributed by atoms with E-state index in [0.717, 1.165) is 11.1 Å². The Morgan fingerprint density at radius 1 is 0.662 bits per heavy atom. The monoisotopic (exact) mass is 1130 g/mol. The molecule has 21 nitrogen and oxygen atoms in total. The summed E-state index contributed by atoms with van der Waals surface area (Å²) in [6.45, 7) is 13.5. The summed E-state index contributed by atoms with van der Waals surface area (Å²) in [5.74, 6) is -3.39. The molecule has 8 aliphatic rings. The molecule has 1 aromatic rings. The lowest BCUT2D eigenvalue weighted by Crippen LogP contribution is -2.80. The molecule has 1 aromatic carbocycles. The van der Waals surface area contributed by atoms with Crippen molar-refractivity contribution in [3.8, 4) is 0 Å². The molecule has 0 spiro atoms. The number of benzene rings is 1. The Morgan fingerprint density at radius 2 is 1.26 bits per heavy atom. The van der Waals surface area contributed by atoms with Crippen LogP contribution in [0.25, 0.3) is 6.08 Å². The highest BCUT2D eigenvalue weighted by Gasteiger charge is 2.81. The number of Topliss-reactive ketones (excluding diaryl/α,β-unsaturated/α-hetero) is 1. The zero-order valence-corrected chi connectivity index (χ0v) is 48.0. The van der Waals surface area contributed by atoms with Crippen molar-refractivity contribution in [2.24, 2.45) is 22.7 Å². The molecule has 80 heavy (non-hydrogen) atoms. The Labute approximate surface area is 468 Å². The van der Waals surface area contributed by atoms with Crippen molar-refractivity contribution in [2.75, 3.05) is 21.3 Å². The number of carbonyl (C=O) groups excluding carboxylic acids is 3. The van der Waals surface area contributed by atoms with Gasteiger partial charge in [0.25, 0.3) is 0 Å². The third-order valence-corrected chi connectivity index (χ3v) is 19.4. The molecule has 4 heterocycles. The summed E-state index contributed by atoms with van der Waals surface area (Å²) in [7, 11) is 4.53. The largest absolute Gasteiger partial charge is 0.458 e. The van der Waals surface area contributed by atoms with Crippen LogP contribution in [0, 0.1) is 22.7 Å². The summed E-state index contributed by atoms with van der Waals surface area (Å²) < 4.78 is 80.5. The molecule has 4 saturated heterocycles. The van der Waals surface area contributed by atoms with Gasteiger partial charge in [-0.05, 0) is 90.2 Å². The van der Waals surface area contributed by atoms with Crippen LogP contribution in [0.5, 0.6) is 0 Å². The molecule has 26 atom stereocenters. The van der Waals surface area contributed by atoms with Crippen LogP contribution in [0.15, 0.2) is 48.1 Å². The van der Waals surface area contributed by atoms with Gasteiger partial charge in [-0.15, -0.1) is 0 Å². The first kappa shape index (κ1) is 61.2. The highest BCUT2D eigenvalue weighted by atomic mass is 16.8. The number of carbonyl (C=O) groups is 3. The topological polar surface area (TPSA) is 272 Å². The first-order valence-electron chi connectivity index (χ1n) is 28.5. The van der Waals surface area contributed by atoms with E-state index in [-0.39, 0.29) is 44.0 Å². The Balaban J connectivity index is 0.828. The molecule has 4 aliphatic carbocycles. The standard InChI is InChI=1S/C59H86O21/c1-29(60)38-21-24-59(67)57(38,8)54(77-42(63)18-17-35-15-13-12-14-16-35)52(75-34(6)61)53-56(7)22-20-37(25-36(56)19-23-58(53,59)66)76-44-27-40(68-9)49(32(4)72-44)79-43-26-39(62)48(31(3)71-43)78-45-28-41(69-10)50(33(5)73-45)80-55-47(65)51(70-11)46(64)30(2)74-55/h12-19,30-33,37-41,43-55,62,64-67H,20-28H2,1-11H3/b18-17+/t30-,31-,32-,33-,37+,38-,39+,40+,41-,43+,44+,45+,46-,47-,48-,49-,50-,51-,52+,53-,54-,55+,56+,57+,58+,59-/m1/s1. The molecular weight excluding hydrogens is 1040 g/mol. The quantitative estimate of drug-likeness (QED) is 0.0890. The number of fused-ring (bicyclic) bond motifs is 5. The minimum absolute atomic E-state index is 0.00639. The van der Waals surface area contributed by atoms with E-state index in [1.54, 1.807) is 40.9 Å². The first-order valence-corrected chi connectivity index (χ1v) is 28.5. The third kappa shape index (κ3) is 11.3. The average molecular weight is 1130 g/mol. The van der Waals surface area contributed by atoms with E-state index in [1.807, 2.05) is 50.3 Å². The van der Waals surface area contributed by atoms with Gasteiger partial charge in [-0.3, -0.25) is 9.59 Å². The average Bonchev–Trinajstić information content (AvgIpc) is 3.85. The number of esters is 2. The van der Waals surface area contributed by atoms with Gasteiger partial charge < -0.3 is 87.1 Å². The molecule has 0 radical (unpaired) electrons. The van der Waals surface area contributed by atoms with Gasteiger partial charge >= 0.3 is 11.9 Å². The number of hydrogen-bond acceptors (Lipinski definition) is 21. The van der Waals surface area contributed by atoms with Crippen LogP contribution in [-0.2, 0) is 76.0 Å². The van der Waals surface area contributed by atoms with E-state index in [2.05, 4.69) is 0 Å². The lowest BCUT2D eigenvalue weighted by atomic mass is 9.42. The van der Waals surface area contributed by atoms with Crippen molar-refractivity contribution in [1.82, 2.24) is 0 Å². The lowest BCUT2D eigenvalue weighted by Gasteiger charge is -2.68.